The van der Waals surface area contributed by atoms with Crippen LogP contribution in [0, 0.1) is 9.39 Å². The van der Waals surface area contributed by atoms with E-state index < -0.39 is 5.82 Å². The van der Waals surface area contributed by atoms with Crippen LogP contribution < -0.4 is 10.6 Å². The van der Waals surface area contributed by atoms with E-state index in [2.05, 4.69) is 38.5 Å². The first-order valence-corrected chi connectivity index (χ1v) is 9.69. The van der Waals surface area contributed by atoms with Crippen LogP contribution in [0.15, 0.2) is 71.2 Å². The quantitative estimate of drug-likeness (QED) is 0.355. The Morgan fingerprint density at radius 1 is 1.08 bits per heavy atom. The van der Waals surface area contributed by atoms with Crippen molar-refractivity contribution in [3.05, 3.63) is 91.7 Å². The first-order valence-electron chi connectivity index (χ1n) is 7.81. The lowest BCUT2D eigenvalue weighted by molar-refractivity contribution is 0.0985. The number of rotatable bonds is 4. The Bertz CT molecular complexity index is 950. The van der Waals surface area contributed by atoms with Gasteiger partial charge in [-0.3, -0.25) is 4.79 Å². The molecule has 3 aromatic carbocycles. The maximum absolute atomic E-state index is 13.9. The second kappa shape index (κ2) is 8.18. The molecule has 2 N–H and O–H groups in total. The molecule has 3 aromatic rings. The SMILES string of the molecule is Nc1ccc(Br)cc1C(=O)N(Cc1ccccc1)c1cc(F)ccc1I. The average molecular weight is 525 g/mol. The van der Waals surface area contributed by atoms with Crippen molar-refractivity contribution in [2.45, 2.75) is 6.54 Å². The molecule has 0 aliphatic rings. The average Bonchev–Trinajstić information content (AvgIpc) is 2.64. The Morgan fingerprint density at radius 2 is 1.81 bits per heavy atom. The van der Waals surface area contributed by atoms with Gasteiger partial charge in [0.25, 0.3) is 5.91 Å². The highest BCUT2D eigenvalue weighted by Crippen LogP contribution is 2.29. The zero-order chi connectivity index (χ0) is 18.7. The summed E-state index contributed by atoms with van der Waals surface area (Å²) in [6.07, 6.45) is 0. The van der Waals surface area contributed by atoms with Gasteiger partial charge in [-0.15, -0.1) is 0 Å². The van der Waals surface area contributed by atoms with Gasteiger partial charge in [-0.05, 0) is 64.6 Å². The topological polar surface area (TPSA) is 46.3 Å². The van der Waals surface area contributed by atoms with Crippen molar-refractivity contribution in [2.24, 2.45) is 0 Å². The standard InChI is InChI=1S/C20H15BrFIN2O/c21-14-6-9-18(24)16(10-14)20(26)25(12-13-4-2-1-3-5-13)19-11-15(22)7-8-17(19)23/h1-11H,12,24H2. The molecule has 0 saturated heterocycles. The van der Waals surface area contributed by atoms with Gasteiger partial charge in [-0.2, -0.15) is 0 Å². The molecule has 0 atom stereocenters. The number of carbonyl (C=O) groups excluding carboxylic acids is 1. The summed E-state index contributed by atoms with van der Waals surface area (Å²) in [6.45, 7) is 0.311. The Morgan fingerprint density at radius 3 is 2.54 bits per heavy atom. The molecule has 0 radical (unpaired) electrons. The van der Waals surface area contributed by atoms with Crippen molar-refractivity contribution >= 4 is 55.8 Å². The molecule has 132 valence electrons. The molecule has 0 spiro atoms. The van der Waals surface area contributed by atoms with Gasteiger partial charge >= 0.3 is 0 Å². The normalized spacial score (nSPS) is 10.6. The molecule has 6 heteroatoms. The van der Waals surface area contributed by atoms with Crippen LogP contribution in [0.2, 0.25) is 0 Å². The minimum atomic E-state index is -0.395. The highest BCUT2D eigenvalue weighted by Gasteiger charge is 2.23. The van der Waals surface area contributed by atoms with Gasteiger partial charge in [0.2, 0.25) is 0 Å². The van der Waals surface area contributed by atoms with Crippen LogP contribution in [0.1, 0.15) is 15.9 Å². The fourth-order valence-electron chi connectivity index (χ4n) is 2.58. The number of carbonyl (C=O) groups is 1. The summed E-state index contributed by atoms with van der Waals surface area (Å²) in [5, 5.41) is 0. The molecule has 0 heterocycles. The Balaban J connectivity index is 2.09. The maximum Gasteiger partial charge on any atom is 0.260 e. The van der Waals surface area contributed by atoms with Crippen LogP contribution in [0.4, 0.5) is 15.8 Å². The van der Waals surface area contributed by atoms with E-state index in [1.165, 1.54) is 12.1 Å². The highest BCUT2D eigenvalue weighted by molar-refractivity contribution is 14.1. The fourth-order valence-corrected chi connectivity index (χ4v) is 3.57. The van der Waals surface area contributed by atoms with Crippen LogP contribution >= 0.6 is 38.5 Å². The zero-order valence-corrected chi connectivity index (χ0v) is 17.4. The van der Waals surface area contributed by atoms with E-state index in [0.29, 0.717) is 23.5 Å². The van der Waals surface area contributed by atoms with Crippen LogP contribution in [0.3, 0.4) is 0 Å². The first-order chi connectivity index (χ1) is 12.5. The molecular formula is C20H15BrFIN2O. The number of hydrogen-bond acceptors (Lipinski definition) is 2. The number of amides is 1. The lowest BCUT2D eigenvalue weighted by Crippen LogP contribution is -2.31. The molecule has 0 aliphatic heterocycles. The summed E-state index contributed by atoms with van der Waals surface area (Å²) in [6, 6.07) is 19.1. The fraction of sp³-hybridized carbons (Fsp3) is 0.0500. The number of nitrogens with two attached hydrogens (primary N) is 1. The van der Waals surface area contributed by atoms with Gasteiger partial charge in [0.1, 0.15) is 5.82 Å². The predicted octanol–water partition coefficient (Wildman–Crippen LogP) is 5.62. The molecule has 3 rings (SSSR count). The van der Waals surface area contributed by atoms with Crippen LogP contribution in [-0.4, -0.2) is 5.91 Å². The number of hydrogen-bond donors (Lipinski definition) is 1. The summed E-state index contributed by atoms with van der Waals surface area (Å²) in [7, 11) is 0. The molecule has 0 fully saturated rings. The minimum Gasteiger partial charge on any atom is -0.398 e. The first kappa shape index (κ1) is 18.8. The van der Waals surface area contributed by atoms with Gasteiger partial charge in [-0.25, -0.2) is 4.39 Å². The van der Waals surface area contributed by atoms with Gasteiger partial charge < -0.3 is 10.6 Å². The smallest absolute Gasteiger partial charge is 0.260 e. The van der Waals surface area contributed by atoms with E-state index in [-0.39, 0.29) is 5.91 Å². The summed E-state index contributed by atoms with van der Waals surface area (Å²) in [4.78, 5) is 14.8. The van der Waals surface area contributed by atoms with Crippen molar-refractivity contribution < 1.29 is 9.18 Å². The predicted molar refractivity (Wildman–Crippen MR) is 115 cm³/mol. The number of anilines is 2. The Hall–Kier alpha value is -1.93. The third kappa shape index (κ3) is 4.24. The summed E-state index contributed by atoms with van der Waals surface area (Å²) in [5.41, 5.74) is 8.22. The summed E-state index contributed by atoms with van der Waals surface area (Å²) in [5.74, 6) is -0.676. The Labute approximate surface area is 173 Å². The van der Waals surface area contributed by atoms with E-state index >= 15 is 0 Å². The molecule has 26 heavy (non-hydrogen) atoms. The number of nitrogens with zero attached hydrogens (tertiary/aromatic N) is 1. The molecule has 0 aromatic heterocycles. The van der Waals surface area contributed by atoms with Crippen LogP contribution in [0.25, 0.3) is 0 Å². The van der Waals surface area contributed by atoms with E-state index in [1.807, 2.05) is 30.3 Å². The van der Waals surface area contributed by atoms with Crippen LogP contribution in [0.5, 0.6) is 0 Å². The Kier molecular flexibility index (Phi) is 5.93. The zero-order valence-electron chi connectivity index (χ0n) is 13.6. The summed E-state index contributed by atoms with van der Waals surface area (Å²) >= 11 is 5.48. The van der Waals surface area contributed by atoms with E-state index in [0.717, 1.165) is 13.6 Å². The van der Waals surface area contributed by atoms with Crippen molar-refractivity contribution in [3.8, 4) is 0 Å². The largest absolute Gasteiger partial charge is 0.398 e. The molecule has 0 saturated carbocycles. The number of nitrogen functional groups attached to an aromatic ring is 1. The van der Waals surface area contributed by atoms with Crippen molar-refractivity contribution in [3.63, 3.8) is 0 Å². The third-order valence-corrected chi connectivity index (χ3v) is 5.28. The highest BCUT2D eigenvalue weighted by atomic mass is 127. The monoisotopic (exact) mass is 524 g/mol. The van der Waals surface area contributed by atoms with Crippen LogP contribution in [-0.2, 0) is 6.54 Å². The van der Waals surface area contributed by atoms with Gasteiger partial charge in [-0.1, -0.05) is 46.3 Å². The van der Waals surface area contributed by atoms with Gasteiger partial charge in [0.15, 0.2) is 0 Å². The maximum atomic E-state index is 13.9. The number of benzene rings is 3. The molecule has 0 bridgehead atoms. The second-order valence-corrected chi connectivity index (χ2v) is 7.78. The molecule has 0 unspecified atom stereocenters. The molecule has 3 nitrogen and oxygen atoms in total. The molecule has 0 aliphatic carbocycles. The van der Waals surface area contributed by atoms with Crippen molar-refractivity contribution in [2.75, 3.05) is 10.6 Å². The van der Waals surface area contributed by atoms with E-state index in [1.54, 1.807) is 29.2 Å². The summed E-state index contributed by atoms with van der Waals surface area (Å²) < 4.78 is 15.4. The lowest BCUT2D eigenvalue weighted by Gasteiger charge is -2.25. The lowest BCUT2D eigenvalue weighted by atomic mass is 10.1. The number of halogens is 3. The minimum absolute atomic E-state index is 0.281. The van der Waals surface area contributed by atoms with Crippen molar-refractivity contribution in [1.29, 1.82) is 0 Å². The molecule has 1 amide bonds. The van der Waals surface area contributed by atoms with E-state index in [9.17, 15) is 9.18 Å². The van der Waals surface area contributed by atoms with Gasteiger partial charge in [0.05, 0.1) is 17.8 Å². The molecular weight excluding hydrogens is 510 g/mol. The van der Waals surface area contributed by atoms with Crippen molar-refractivity contribution in [1.82, 2.24) is 0 Å². The third-order valence-electron chi connectivity index (χ3n) is 3.87. The van der Waals surface area contributed by atoms with E-state index in [4.69, 9.17) is 5.73 Å². The van der Waals surface area contributed by atoms with Gasteiger partial charge in [0, 0.05) is 13.7 Å². The second-order valence-electron chi connectivity index (χ2n) is 5.70.